The molecule has 16 aromatic rings. The van der Waals surface area contributed by atoms with Crippen molar-refractivity contribution in [2.45, 2.75) is 0 Å². The van der Waals surface area contributed by atoms with Gasteiger partial charge in [0.1, 0.15) is 17.0 Å². The second-order valence-corrected chi connectivity index (χ2v) is 19.6. The first-order chi connectivity index (χ1) is 37.7. The molecule has 76 heavy (non-hydrogen) atoms. The quantitative estimate of drug-likeness (QED) is 0.160. The number of hydrogen-bond acceptors (Lipinski definition) is 3. The number of imidazole rings is 1. The first-order valence-electron chi connectivity index (χ1n) is 25.8. The highest BCUT2D eigenvalue weighted by Crippen LogP contribution is 2.43. The lowest BCUT2D eigenvalue weighted by Gasteiger charge is -2.12. The van der Waals surface area contributed by atoms with Crippen molar-refractivity contribution in [2.24, 2.45) is 0 Å². The lowest BCUT2D eigenvalue weighted by molar-refractivity contribution is 0.990. The minimum Gasteiger partial charge on any atom is -0.309 e. The zero-order valence-corrected chi connectivity index (χ0v) is 41.0. The summed E-state index contributed by atoms with van der Waals surface area (Å²) in [6.07, 6.45) is 0. The zero-order chi connectivity index (χ0) is 49.8. The zero-order valence-electron chi connectivity index (χ0n) is 41.0. The molecule has 11 aromatic carbocycles. The monoisotopic (exact) mass is 969 g/mol. The van der Waals surface area contributed by atoms with Crippen LogP contribution in [-0.2, 0) is 0 Å². The van der Waals surface area contributed by atoms with E-state index in [4.69, 9.17) is 15.0 Å². The van der Waals surface area contributed by atoms with Gasteiger partial charge >= 0.3 is 0 Å². The number of aromatic nitrogens is 7. The van der Waals surface area contributed by atoms with Crippen molar-refractivity contribution in [1.82, 2.24) is 33.2 Å². The van der Waals surface area contributed by atoms with Crippen LogP contribution in [0.4, 0.5) is 0 Å². The first kappa shape index (κ1) is 42.2. The van der Waals surface area contributed by atoms with Crippen LogP contribution < -0.4 is 0 Å². The van der Waals surface area contributed by atoms with E-state index in [1.54, 1.807) is 0 Å². The normalized spacial score (nSPS) is 11.9. The van der Waals surface area contributed by atoms with Crippen LogP contribution in [0.5, 0.6) is 0 Å². The summed E-state index contributed by atoms with van der Waals surface area (Å²) in [6, 6.07) is 93.2. The van der Waals surface area contributed by atoms with Crippen LogP contribution in [-0.4, -0.2) is 33.2 Å². The van der Waals surface area contributed by atoms with E-state index in [1.165, 1.54) is 38.0 Å². The Balaban J connectivity index is 0.973. The van der Waals surface area contributed by atoms with Gasteiger partial charge in [0.05, 0.1) is 33.1 Å². The van der Waals surface area contributed by atoms with Crippen molar-refractivity contribution in [1.29, 1.82) is 0 Å². The van der Waals surface area contributed by atoms with Gasteiger partial charge in [0.25, 0.3) is 0 Å². The van der Waals surface area contributed by atoms with Gasteiger partial charge in [-0.15, -0.1) is 0 Å². The molecule has 0 spiro atoms. The maximum Gasteiger partial charge on any atom is 0.237 e. The predicted octanol–water partition coefficient (Wildman–Crippen LogP) is 17.3. The van der Waals surface area contributed by atoms with E-state index in [-0.39, 0.29) is 0 Å². The summed E-state index contributed by atoms with van der Waals surface area (Å²) in [4.78, 5) is 17.0. The highest BCUT2D eigenvalue weighted by Gasteiger charge is 2.26. The van der Waals surface area contributed by atoms with E-state index in [2.05, 4.69) is 273 Å². The van der Waals surface area contributed by atoms with Gasteiger partial charge in [-0.2, -0.15) is 4.98 Å². The molecule has 0 aliphatic carbocycles. The van der Waals surface area contributed by atoms with Gasteiger partial charge < -0.3 is 9.13 Å². The summed E-state index contributed by atoms with van der Waals surface area (Å²) in [5.74, 6) is 1.35. The molecule has 16 rings (SSSR count). The third-order valence-corrected chi connectivity index (χ3v) is 15.4. The molecule has 0 bridgehead atoms. The average Bonchev–Trinajstić information content (AvgIpc) is 4.24. The smallest absolute Gasteiger partial charge is 0.237 e. The summed E-state index contributed by atoms with van der Waals surface area (Å²) < 4.78 is 9.19. The molecule has 5 aromatic heterocycles. The fourth-order valence-electron chi connectivity index (χ4n) is 12.0. The number of para-hydroxylation sites is 5. The average molecular weight is 970 g/mol. The molecule has 0 unspecified atom stereocenters. The fourth-order valence-corrected chi connectivity index (χ4v) is 12.0. The molecule has 0 aliphatic heterocycles. The largest absolute Gasteiger partial charge is 0.309 e. The molecule has 7 heteroatoms. The van der Waals surface area contributed by atoms with Gasteiger partial charge in [-0.1, -0.05) is 170 Å². The first-order valence-corrected chi connectivity index (χ1v) is 25.8. The Hall–Kier alpha value is -10.4. The highest BCUT2D eigenvalue weighted by atomic mass is 15.2. The molecule has 0 amide bonds. The van der Waals surface area contributed by atoms with Gasteiger partial charge in [0.15, 0.2) is 5.65 Å². The van der Waals surface area contributed by atoms with Crippen LogP contribution in [0.25, 0.3) is 144 Å². The van der Waals surface area contributed by atoms with E-state index >= 15 is 0 Å². The summed E-state index contributed by atoms with van der Waals surface area (Å²) in [5, 5.41) is 9.35. The van der Waals surface area contributed by atoms with Crippen LogP contribution in [0.2, 0.25) is 0 Å². The van der Waals surface area contributed by atoms with Gasteiger partial charge in [-0.3, -0.25) is 9.13 Å². The van der Waals surface area contributed by atoms with Crippen LogP contribution in [0.1, 0.15) is 0 Å². The van der Waals surface area contributed by atoms with Gasteiger partial charge in [0.2, 0.25) is 5.95 Å². The molecular formula is C69H43N7. The van der Waals surface area contributed by atoms with Crippen molar-refractivity contribution in [2.75, 3.05) is 0 Å². The molecule has 0 saturated heterocycles. The topological polar surface area (TPSA) is 58.4 Å². The lowest BCUT2D eigenvalue weighted by Crippen LogP contribution is -2.05. The van der Waals surface area contributed by atoms with E-state index in [9.17, 15) is 0 Å². The van der Waals surface area contributed by atoms with Crippen molar-refractivity contribution in [3.05, 3.63) is 261 Å². The van der Waals surface area contributed by atoms with E-state index in [0.29, 0.717) is 11.6 Å². The van der Waals surface area contributed by atoms with Crippen LogP contribution in [0.15, 0.2) is 261 Å². The van der Waals surface area contributed by atoms with E-state index < -0.39 is 0 Å². The van der Waals surface area contributed by atoms with E-state index in [1.807, 2.05) is 6.07 Å². The van der Waals surface area contributed by atoms with Gasteiger partial charge in [0, 0.05) is 60.5 Å². The number of nitrogens with zero attached hydrogens (tertiary/aromatic N) is 7. The summed E-state index contributed by atoms with van der Waals surface area (Å²) in [6.45, 7) is 0. The summed E-state index contributed by atoms with van der Waals surface area (Å²) in [7, 11) is 0. The van der Waals surface area contributed by atoms with Crippen LogP contribution in [0.3, 0.4) is 0 Å². The molecular weight excluding hydrogens is 927 g/mol. The minimum atomic E-state index is 0.559. The standard InChI is InChI=1S/C69H43N7/c1-5-20-45(21-6-1)67-70-66-65(48-36-39-61-56(43-48)54-30-16-18-32-59(54)74(61)50-24-9-3-10-25-50)71-69(72-68(66)75(67)51-26-11-4-12-27-51)76-62-38-35-47(42-57(62)64-52-28-14-13-19-44(52)33-40-63(64)76)46-34-37-60-55(41-46)53-29-15-17-31-58(53)73(60)49-22-7-2-8-23-49/h1-43H. The number of benzene rings is 11. The third kappa shape index (κ3) is 6.33. The van der Waals surface area contributed by atoms with Crippen molar-refractivity contribution in [3.8, 4) is 56.8 Å². The molecule has 5 heterocycles. The predicted molar refractivity (Wildman–Crippen MR) is 313 cm³/mol. The second kappa shape index (κ2) is 16.6. The van der Waals surface area contributed by atoms with Crippen LogP contribution >= 0.6 is 0 Å². The molecule has 7 nitrogen and oxygen atoms in total. The maximum absolute atomic E-state index is 5.73. The number of hydrogen-bond donors (Lipinski definition) is 0. The third-order valence-electron chi connectivity index (χ3n) is 15.4. The molecule has 0 fully saturated rings. The van der Waals surface area contributed by atoms with Gasteiger partial charge in [-0.05, 0) is 113 Å². The Morgan fingerprint density at radius 1 is 0.263 bits per heavy atom. The Labute approximate surface area is 436 Å². The Morgan fingerprint density at radius 2 is 0.711 bits per heavy atom. The molecule has 354 valence electrons. The molecule has 0 radical (unpaired) electrons. The lowest BCUT2D eigenvalue weighted by atomic mass is 9.99. The van der Waals surface area contributed by atoms with Crippen LogP contribution in [0, 0.1) is 0 Å². The second-order valence-electron chi connectivity index (χ2n) is 19.6. The SMILES string of the molecule is c1ccc(-c2nc3c(-c4ccc5c(c4)c4ccccc4n5-c4ccccc4)nc(-n4c5ccc(-c6ccc7c(c6)c6ccccc6n7-c6ccccc6)cc5c5c6ccccc6ccc54)nc3n2-c2ccccc2)cc1. The minimum absolute atomic E-state index is 0.559. The highest BCUT2D eigenvalue weighted by molar-refractivity contribution is 6.22. The van der Waals surface area contributed by atoms with Crippen molar-refractivity contribution in [3.63, 3.8) is 0 Å². The summed E-state index contributed by atoms with van der Waals surface area (Å²) in [5.41, 5.74) is 16.3. The Bertz CT molecular complexity index is 4970. The number of rotatable bonds is 7. The van der Waals surface area contributed by atoms with E-state index in [0.717, 1.165) is 94.6 Å². The maximum atomic E-state index is 5.73. The molecule has 0 atom stereocenters. The summed E-state index contributed by atoms with van der Waals surface area (Å²) >= 11 is 0. The molecule has 0 N–H and O–H groups in total. The Morgan fingerprint density at radius 3 is 1.32 bits per heavy atom. The van der Waals surface area contributed by atoms with Gasteiger partial charge in [-0.25, -0.2) is 9.97 Å². The van der Waals surface area contributed by atoms with Crippen molar-refractivity contribution < 1.29 is 0 Å². The fraction of sp³-hybridized carbons (Fsp3) is 0. The number of fused-ring (bicyclic) bond motifs is 12. The van der Waals surface area contributed by atoms with Crippen molar-refractivity contribution >= 4 is 87.4 Å². The molecule has 0 saturated carbocycles. The molecule has 0 aliphatic rings. The Kier molecular flexibility index (Phi) is 9.20.